The van der Waals surface area contributed by atoms with Crippen molar-refractivity contribution < 1.29 is 22.5 Å². The van der Waals surface area contributed by atoms with Gasteiger partial charge in [-0.3, -0.25) is 9.78 Å². The Balaban J connectivity index is 1.55. The quantitative estimate of drug-likeness (QED) is 0.567. The summed E-state index contributed by atoms with van der Waals surface area (Å²) in [6.45, 7) is 7.93. The molecule has 4 rings (SSSR count). The van der Waals surface area contributed by atoms with E-state index in [9.17, 15) is 13.2 Å². The van der Waals surface area contributed by atoms with E-state index in [2.05, 4.69) is 4.98 Å². The first-order chi connectivity index (χ1) is 13.0. The van der Waals surface area contributed by atoms with Gasteiger partial charge in [0.1, 0.15) is 0 Å². The Kier molecular flexibility index (Phi) is 4.75. The van der Waals surface area contributed by atoms with Crippen LogP contribution >= 0.6 is 0 Å². The number of carbonyl (C=O) groups excluding carboxylic acids is 1. The molecule has 1 aromatic rings. The Labute approximate surface area is 167 Å². The van der Waals surface area contributed by atoms with Crippen LogP contribution in [0.3, 0.4) is 0 Å². The molecule has 0 amide bonds. The standard InChI is InChI=1S/C20H28BNO5S/c1-19(2)20(3,4)27-21(26-19)15-8-14(11-22-12-15)18(23)13-9-16-6-5-7-17(10-13)28(16,24)25/h8,11-13,16-17H,5-7,9-10H2,1-4H3. The second-order valence-electron chi connectivity index (χ2n) is 9.39. The van der Waals surface area contributed by atoms with Gasteiger partial charge in [0.05, 0.1) is 21.7 Å². The van der Waals surface area contributed by atoms with Gasteiger partial charge >= 0.3 is 7.12 Å². The zero-order valence-corrected chi connectivity index (χ0v) is 17.8. The van der Waals surface area contributed by atoms with Crippen LogP contribution in [-0.4, -0.2) is 48.0 Å². The first-order valence-corrected chi connectivity index (χ1v) is 11.7. The molecule has 3 aliphatic rings. The minimum absolute atomic E-state index is 0.0160. The highest BCUT2D eigenvalue weighted by Crippen LogP contribution is 2.40. The number of nitrogens with zero attached hydrogens (tertiary/aromatic N) is 1. The Morgan fingerprint density at radius 1 is 1.07 bits per heavy atom. The third-order valence-corrected chi connectivity index (χ3v) is 9.73. The van der Waals surface area contributed by atoms with Crippen molar-refractivity contribution in [1.29, 1.82) is 0 Å². The molecule has 6 nitrogen and oxygen atoms in total. The fraction of sp³-hybridized carbons (Fsp3) is 0.700. The van der Waals surface area contributed by atoms with Crippen LogP contribution in [0.15, 0.2) is 18.5 Å². The fourth-order valence-corrected chi connectivity index (χ4v) is 7.09. The number of carbonyl (C=O) groups is 1. The molecule has 1 aromatic heterocycles. The molecule has 2 atom stereocenters. The Bertz CT molecular complexity index is 862. The van der Waals surface area contributed by atoms with Gasteiger partial charge in [0.2, 0.25) is 0 Å². The fourth-order valence-electron chi connectivity index (χ4n) is 4.56. The van der Waals surface area contributed by atoms with Crippen molar-refractivity contribution in [3.8, 4) is 0 Å². The first kappa shape index (κ1) is 20.0. The van der Waals surface area contributed by atoms with Gasteiger partial charge in [-0.25, -0.2) is 8.42 Å². The third-order valence-electron chi connectivity index (χ3n) is 7.02. The topological polar surface area (TPSA) is 82.6 Å². The third kappa shape index (κ3) is 3.23. The summed E-state index contributed by atoms with van der Waals surface area (Å²) in [6, 6.07) is 1.79. The summed E-state index contributed by atoms with van der Waals surface area (Å²) < 4.78 is 37.1. The van der Waals surface area contributed by atoms with Gasteiger partial charge in [-0.05, 0) is 59.4 Å². The molecule has 4 heterocycles. The zero-order valence-electron chi connectivity index (χ0n) is 17.0. The number of ketones is 1. The van der Waals surface area contributed by atoms with E-state index >= 15 is 0 Å². The minimum atomic E-state index is -3.07. The van der Waals surface area contributed by atoms with Gasteiger partial charge in [-0.2, -0.15) is 0 Å². The number of sulfone groups is 1. The van der Waals surface area contributed by atoms with E-state index in [-0.39, 0.29) is 22.2 Å². The van der Waals surface area contributed by atoms with E-state index < -0.39 is 28.2 Å². The molecule has 0 radical (unpaired) electrons. The van der Waals surface area contributed by atoms with E-state index in [1.165, 1.54) is 0 Å². The van der Waals surface area contributed by atoms with E-state index in [0.717, 1.165) is 6.42 Å². The highest BCUT2D eigenvalue weighted by Gasteiger charge is 2.52. The molecule has 2 bridgehead atoms. The molecule has 2 unspecified atom stereocenters. The van der Waals surface area contributed by atoms with Crippen LogP contribution in [0.25, 0.3) is 0 Å². The molecule has 0 aromatic carbocycles. The molecule has 0 spiro atoms. The van der Waals surface area contributed by atoms with Gasteiger partial charge in [0.25, 0.3) is 0 Å². The number of aromatic nitrogens is 1. The van der Waals surface area contributed by atoms with Gasteiger partial charge < -0.3 is 9.31 Å². The molecule has 3 fully saturated rings. The number of Topliss-reactive ketones (excluding diaryl/α,β-unsaturated/α-hetero) is 1. The van der Waals surface area contributed by atoms with Crippen LogP contribution in [0.2, 0.25) is 0 Å². The van der Waals surface area contributed by atoms with Crippen LogP contribution in [-0.2, 0) is 19.1 Å². The molecule has 152 valence electrons. The van der Waals surface area contributed by atoms with Crippen LogP contribution in [0.5, 0.6) is 0 Å². The van der Waals surface area contributed by atoms with E-state index in [4.69, 9.17) is 9.31 Å². The van der Waals surface area contributed by atoms with Gasteiger partial charge in [0, 0.05) is 29.3 Å². The lowest BCUT2D eigenvalue weighted by molar-refractivity contribution is 0.00578. The van der Waals surface area contributed by atoms with Crippen molar-refractivity contribution in [3.63, 3.8) is 0 Å². The van der Waals surface area contributed by atoms with E-state index in [1.54, 1.807) is 18.5 Å². The number of pyridine rings is 1. The predicted molar refractivity (Wildman–Crippen MR) is 107 cm³/mol. The Hall–Kier alpha value is -1.25. The summed E-state index contributed by atoms with van der Waals surface area (Å²) in [6.07, 6.45) is 6.38. The maximum atomic E-state index is 13.1. The van der Waals surface area contributed by atoms with Crippen molar-refractivity contribution in [2.45, 2.75) is 81.5 Å². The van der Waals surface area contributed by atoms with Crippen LogP contribution < -0.4 is 5.46 Å². The molecule has 0 aliphatic carbocycles. The maximum absolute atomic E-state index is 13.1. The maximum Gasteiger partial charge on any atom is 0.496 e. The van der Waals surface area contributed by atoms with E-state index in [1.807, 2.05) is 27.7 Å². The largest absolute Gasteiger partial charge is 0.496 e. The highest BCUT2D eigenvalue weighted by molar-refractivity contribution is 7.92. The monoisotopic (exact) mass is 405 g/mol. The van der Waals surface area contributed by atoms with Crippen molar-refractivity contribution in [2.24, 2.45) is 5.92 Å². The summed E-state index contributed by atoms with van der Waals surface area (Å²) in [7, 11) is -3.64. The summed E-state index contributed by atoms with van der Waals surface area (Å²) in [5, 5.41) is -0.735. The van der Waals surface area contributed by atoms with Crippen LogP contribution in [0, 0.1) is 5.92 Å². The minimum Gasteiger partial charge on any atom is -0.399 e. The number of hydrogen-bond acceptors (Lipinski definition) is 6. The number of fused-ring (bicyclic) bond motifs is 2. The molecule has 0 N–H and O–H groups in total. The Morgan fingerprint density at radius 3 is 2.21 bits per heavy atom. The van der Waals surface area contributed by atoms with Crippen molar-refractivity contribution in [1.82, 2.24) is 4.98 Å². The predicted octanol–water partition coefficient (Wildman–Crippen LogP) is 2.31. The van der Waals surface area contributed by atoms with Crippen molar-refractivity contribution in [2.75, 3.05) is 0 Å². The average Bonchev–Trinajstić information content (AvgIpc) is 2.81. The smallest absolute Gasteiger partial charge is 0.399 e. The van der Waals surface area contributed by atoms with Crippen molar-refractivity contribution in [3.05, 3.63) is 24.0 Å². The summed E-state index contributed by atoms with van der Waals surface area (Å²) in [5.41, 5.74) is 0.294. The lowest BCUT2D eigenvalue weighted by Crippen LogP contribution is -2.45. The van der Waals surface area contributed by atoms with E-state index in [0.29, 0.717) is 36.7 Å². The molecule has 3 saturated heterocycles. The first-order valence-electron chi connectivity index (χ1n) is 10.1. The SMILES string of the molecule is CC1(C)OB(c2cncc(C(=O)C3CC4CCCC(C3)S4(=O)=O)c2)OC1(C)C. The van der Waals surface area contributed by atoms with Crippen LogP contribution in [0.4, 0.5) is 0 Å². The average molecular weight is 405 g/mol. The van der Waals surface area contributed by atoms with Gasteiger partial charge in [0.15, 0.2) is 15.6 Å². The molecule has 3 aliphatic heterocycles. The molecular formula is C20H28BNO5S. The molecular weight excluding hydrogens is 377 g/mol. The summed E-state index contributed by atoms with van der Waals surface area (Å²) in [4.78, 5) is 17.4. The number of rotatable bonds is 3. The molecule has 8 heteroatoms. The lowest BCUT2D eigenvalue weighted by atomic mass is 9.78. The summed E-state index contributed by atoms with van der Waals surface area (Å²) in [5.74, 6) is -0.271. The Morgan fingerprint density at radius 2 is 1.64 bits per heavy atom. The van der Waals surface area contributed by atoms with Crippen LogP contribution in [0.1, 0.15) is 70.2 Å². The van der Waals surface area contributed by atoms with Gasteiger partial charge in [-0.15, -0.1) is 0 Å². The molecule has 28 heavy (non-hydrogen) atoms. The normalized spacial score (nSPS) is 32.9. The van der Waals surface area contributed by atoms with Gasteiger partial charge in [-0.1, -0.05) is 6.42 Å². The molecule has 0 saturated carbocycles. The summed E-state index contributed by atoms with van der Waals surface area (Å²) >= 11 is 0. The van der Waals surface area contributed by atoms with Crippen molar-refractivity contribution >= 4 is 28.2 Å². The lowest BCUT2D eigenvalue weighted by Gasteiger charge is -2.38. The second kappa shape index (κ2) is 6.64. The number of hydrogen-bond donors (Lipinski definition) is 0. The highest BCUT2D eigenvalue weighted by atomic mass is 32.2. The zero-order chi connectivity index (χ0) is 20.3. The second-order valence-corrected chi connectivity index (χ2v) is 11.9.